The lowest BCUT2D eigenvalue weighted by molar-refractivity contribution is 0.0846. The Morgan fingerprint density at radius 2 is 1.47 bits per heavy atom. The molecule has 0 saturated heterocycles. The van der Waals surface area contributed by atoms with Gasteiger partial charge in [0.15, 0.2) is 5.16 Å². The zero-order chi connectivity index (χ0) is 22.9. The summed E-state index contributed by atoms with van der Waals surface area (Å²) in [5.74, 6) is 0.498. The van der Waals surface area contributed by atoms with Crippen LogP contribution in [0.2, 0.25) is 0 Å². The van der Waals surface area contributed by atoms with E-state index in [1.807, 2.05) is 32.0 Å². The van der Waals surface area contributed by atoms with Crippen molar-refractivity contribution in [3.63, 3.8) is 0 Å². The van der Waals surface area contributed by atoms with Crippen molar-refractivity contribution in [2.75, 3.05) is 6.61 Å². The van der Waals surface area contributed by atoms with Gasteiger partial charge in [-0.15, -0.1) is 0 Å². The van der Waals surface area contributed by atoms with Crippen molar-refractivity contribution in [3.05, 3.63) is 95.3 Å². The Morgan fingerprint density at radius 1 is 0.938 bits per heavy atom. The summed E-state index contributed by atoms with van der Waals surface area (Å²) in [4.78, 5) is 33.4. The number of hydrogen-bond donors (Lipinski definition) is 2. The van der Waals surface area contributed by atoms with E-state index in [2.05, 4.69) is 27.4 Å². The van der Waals surface area contributed by atoms with E-state index in [4.69, 9.17) is 4.74 Å². The normalized spacial score (nSPS) is 10.3. The number of carbonyl (C=O) groups is 2. The molecule has 3 rings (SSSR count). The summed E-state index contributed by atoms with van der Waals surface area (Å²) in [7, 11) is 0. The molecule has 3 aromatic rings. The number of nitrogens with zero attached hydrogens (tertiary/aromatic N) is 2. The van der Waals surface area contributed by atoms with Crippen molar-refractivity contribution in [1.29, 1.82) is 0 Å². The number of carbonyl (C=O) groups excluding carboxylic acids is 2. The van der Waals surface area contributed by atoms with E-state index >= 15 is 0 Å². The van der Waals surface area contributed by atoms with E-state index < -0.39 is 11.8 Å². The Labute approximate surface area is 191 Å². The molecule has 0 aliphatic rings. The standard InChI is InChI=1S/C24H24N4O3S/c1-4-13-31-21-11-9-20(10-12-21)23(30)28-27-22(29)19-7-5-18(6-8-19)15-32-24-25-16(2)14-17(3)26-24/h4-12,14H,1,13,15H2,2-3H3,(H,27,29)(H,28,30). The molecule has 32 heavy (non-hydrogen) atoms. The van der Waals surface area contributed by atoms with E-state index in [0.29, 0.717) is 29.2 Å². The lowest BCUT2D eigenvalue weighted by atomic mass is 10.1. The predicted molar refractivity (Wildman–Crippen MR) is 125 cm³/mol. The maximum atomic E-state index is 12.3. The minimum atomic E-state index is -0.421. The van der Waals surface area contributed by atoms with Gasteiger partial charge in [-0.05, 0) is 61.9 Å². The highest BCUT2D eigenvalue weighted by molar-refractivity contribution is 7.98. The van der Waals surface area contributed by atoms with Crippen LogP contribution in [0.3, 0.4) is 0 Å². The van der Waals surface area contributed by atoms with Crippen molar-refractivity contribution < 1.29 is 14.3 Å². The van der Waals surface area contributed by atoms with Crippen molar-refractivity contribution in [1.82, 2.24) is 20.8 Å². The van der Waals surface area contributed by atoms with Crippen LogP contribution in [0.4, 0.5) is 0 Å². The second-order valence-corrected chi connectivity index (χ2v) is 7.89. The molecule has 1 aromatic heterocycles. The Bertz CT molecular complexity index is 1080. The molecule has 0 bridgehead atoms. The molecule has 7 nitrogen and oxygen atoms in total. The van der Waals surface area contributed by atoms with Gasteiger partial charge in [0.2, 0.25) is 0 Å². The topological polar surface area (TPSA) is 93.2 Å². The van der Waals surface area contributed by atoms with Gasteiger partial charge < -0.3 is 4.74 Å². The van der Waals surface area contributed by atoms with Crippen molar-refractivity contribution >= 4 is 23.6 Å². The van der Waals surface area contributed by atoms with Gasteiger partial charge in [-0.1, -0.05) is 36.5 Å². The number of amides is 2. The molecule has 0 saturated carbocycles. The van der Waals surface area contributed by atoms with Gasteiger partial charge in [-0.2, -0.15) is 0 Å². The number of thioether (sulfide) groups is 1. The highest BCUT2D eigenvalue weighted by atomic mass is 32.2. The van der Waals surface area contributed by atoms with Crippen LogP contribution in [0.5, 0.6) is 5.75 Å². The molecule has 0 spiro atoms. The SMILES string of the molecule is C=CCOc1ccc(C(=O)NNC(=O)c2ccc(CSc3nc(C)cc(C)n3)cc2)cc1. The molecule has 0 fully saturated rings. The minimum absolute atomic E-state index is 0.387. The first kappa shape index (κ1) is 23.0. The maximum Gasteiger partial charge on any atom is 0.269 e. The molecule has 0 unspecified atom stereocenters. The lowest BCUT2D eigenvalue weighted by Crippen LogP contribution is -2.41. The largest absolute Gasteiger partial charge is 0.490 e. The number of rotatable bonds is 8. The van der Waals surface area contributed by atoms with Crippen LogP contribution in [0.25, 0.3) is 0 Å². The van der Waals surface area contributed by atoms with E-state index in [0.717, 1.165) is 22.1 Å². The Morgan fingerprint density at radius 3 is 2.00 bits per heavy atom. The zero-order valence-corrected chi connectivity index (χ0v) is 18.7. The quantitative estimate of drug-likeness (QED) is 0.234. The fourth-order valence-electron chi connectivity index (χ4n) is 2.77. The number of benzene rings is 2. The van der Waals surface area contributed by atoms with Gasteiger partial charge in [0, 0.05) is 28.3 Å². The third-order valence-corrected chi connectivity index (χ3v) is 5.24. The molecule has 2 aromatic carbocycles. The Kier molecular flexibility index (Phi) is 7.99. The molecule has 2 amide bonds. The third-order valence-electron chi connectivity index (χ3n) is 4.32. The Hall–Kier alpha value is -3.65. The van der Waals surface area contributed by atoms with E-state index in [1.165, 1.54) is 11.8 Å². The zero-order valence-electron chi connectivity index (χ0n) is 17.9. The first-order valence-corrected chi connectivity index (χ1v) is 10.9. The second kappa shape index (κ2) is 11.1. The fourth-order valence-corrected chi connectivity index (χ4v) is 3.68. The minimum Gasteiger partial charge on any atom is -0.490 e. The Balaban J connectivity index is 1.49. The summed E-state index contributed by atoms with van der Waals surface area (Å²) < 4.78 is 5.38. The molecule has 0 aliphatic heterocycles. The van der Waals surface area contributed by atoms with Crippen molar-refractivity contribution in [3.8, 4) is 5.75 Å². The highest BCUT2D eigenvalue weighted by Crippen LogP contribution is 2.20. The fraction of sp³-hybridized carbons (Fsp3) is 0.167. The highest BCUT2D eigenvalue weighted by Gasteiger charge is 2.10. The van der Waals surface area contributed by atoms with Crippen LogP contribution >= 0.6 is 11.8 Å². The number of nitrogens with one attached hydrogen (secondary N) is 2. The average Bonchev–Trinajstić information content (AvgIpc) is 2.79. The van der Waals surface area contributed by atoms with Crippen LogP contribution in [0, 0.1) is 13.8 Å². The summed E-state index contributed by atoms with van der Waals surface area (Å²) in [6.07, 6.45) is 1.64. The summed E-state index contributed by atoms with van der Waals surface area (Å²) >= 11 is 1.54. The van der Waals surface area contributed by atoms with Gasteiger partial charge in [0.25, 0.3) is 11.8 Å². The van der Waals surface area contributed by atoms with Gasteiger partial charge in [-0.3, -0.25) is 20.4 Å². The van der Waals surface area contributed by atoms with Crippen LogP contribution < -0.4 is 15.6 Å². The first-order valence-electron chi connectivity index (χ1n) is 9.93. The molecule has 1 heterocycles. The predicted octanol–water partition coefficient (Wildman–Crippen LogP) is 4.03. The van der Waals surface area contributed by atoms with Crippen LogP contribution in [-0.2, 0) is 5.75 Å². The van der Waals surface area contributed by atoms with Gasteiger partial charge in [-0.25, -0.2) is 9.97 Å². The average molecular weight is 449 g/mol. The second-order valence-electron chi connectivity index (χ2n) is 6.95. The molecule has 8 heteroatoms. The maximum absolute atomic E-state index is 12.3. The van der Waals surface area contributed by atoms with Crippen LogP contribution in [0.15, 0.2) is 72.4 Å². The number of hydrogen-bond acceptors (Lipinski definition) is 6. The molecule has 2 N–H and O–H groups in total. The van der Waals surface area contributed by atoms with Crippen LogP contribution in [-0.4, -0.2) is 28.4 Å². The molecule has 164 valence electrons. The first-order chi connectivity index (χ1) is 15.4. The molecule has 0 atom stereocenters. The van der Waals surface area contributed by atoms with E-state index in [1.54, 1.807) is 42.5 Å². The molecule has 0 radical (unpaired) electrons. The van der Waals surface area contributed by atoms with Crippen LogP contribution in [0.1, 0.15) is 37.7 Å². The van der Waals surface area contributed by atoms with Gasteiger partial charge >= 0.3 is 0 Å². The number of aryl methyl sites for hydroxylation is 2. The summed E-state index contributed by atoms with van der Waals surface area (Å²) in [6, 6.07) is 15.7. The van der Waals surface area contributed by atoms with E-state index in [-0.39, 0.29) is 0 Å². The summed E-state index contributed by atoms with van der Waals surface area (Å²) in [6.45, 7) is 7.86. The number of hydrazine groups is 1. The third kappa shape index (κ3) is 6.68. The summed E-state index contributed by atoms with van der Waals surface area (Å²) in [5.41, 5.74) is 8.59. The van der Waals surface area contributed by atoms with Gasteiger partial charge in [0.05, 0.1) is 0 Å². The molecule has 0 aliphatic carbocycles. The molecular weight excluding hydrogens is 424 g/mol. The summed E-state index contributed by atoms with van der Waals surface area (Å²) in [5, 5.41) is 0.729. The molecular formula is C24H24N4O3S. The smallest absolute Gasteiger partial charge is 0.269 e. The number of aromatic nitrogens is 2. The van der Waals surface area contributed by atoms with Crippen molar-refractivity contribution in [2.24, 2.45) is 0 Å². The monoisotopic (exact) mass is 448 g/mol. The lowest BCUT2D eigenvalue weighted by Gasteiger charge is -2.09. The number of ether oxygens (including phenoxy) is 1. The van der Waals surface area contributed by atoms with Crippen molar-refractivity contribution in [2.45, 2.75) is 24.8 Å². The van der Waals surface area contributed by atoms with Gasteiger partial charge in [0.1, 0.15) is 12.4 Å². The van der Waals surface area contributed by atoms with E-state index in [9.17, 15) is 9.59 Å².